The molecule has 1 aromatic carbocycles. The summed E-state index contributed by atoms with van der Waals surface area (Å²) in [6, 6.07) is 11.8. The maximum atomic E-state index is 12.6. The zero-order valence-corrected chi connectivity index (χ0v) is 13.1. The first kappa shape index (κ1) is 15.6. The standard InChI is InChI=1S/C18H21N3O2/c19-7-5-14-1-3-15(4-2-14)17-13-16(6-8-20-17)18(22)21-9-11-23-12-10-21/h1-4,6,8,13H,5,7,9-12,19H2. The van der Waals surface area contributed by atoms with Crippen molar-refractivity contribution in [1.82, 2.24) is 9.88 Å². The van der Waals surface area contributed by atoms with E-state index in [2.05, 4.69) is 17.1 Å². The third kappa shape index (κ3) is 3.75. The quantitative estimate of drug-likeness (QED) is 0.933. The van der Waals surface area contributed by atoms with E-state index >= 15 is 0 Å². The Labute approximate surface area is 136 Å². The van der Waals surface area contributed by atoms with Crippen molar-refractivity contribution in [2.75, 3.05) is 32.8 Å². The van der Waals surface area contributed by atoms with Crippen LogP contribution in [-0.2, 0) is 11.2 Å². The summed E-state index contributed by atoms with van der Waals surface area (Å²) < 4.78 is 5.29. The highest BCUT2D eigenvalue weighted by molar-refractivity contribution is 5.95. The SMILES string of the molecule is NCCc1ccc(-c2cc(C(=O)N3CCOCC3)ccn2)cc1. The van der Waals surface area contributed by atoms with Gasteiger partial charge in [0, 0.05) is 30.4 Å². The first-order valence-corrected chi connectivity index (χ1v) is 7.90. The number of aromatic nitrogens is 1. The molecule has 1 aliphatic rings. The molecule has 2 N–H and O–H groups in total. The largest absolute Gasteiger partial charge is 0.378 e. The molecule has 2 heterocycles. The lowest BCUT2D eigenvalue weighted by molar-refractivity contribution is 0.0303. The molecule has 1 saturated heterocycles. The first-order chi connectivity index (χ1) is 11.3. The maximum absolute atomic E-state index is 12.6. The molecule has 2 aromatic rings. The molecule has 0 spiro atoms. The Balaban J connectivity index is 1.80. The summed E-state index contributed by atoms with van der Waals surface area (Å²) in [6.07, 6.45) is 2.56. The number of rotatable bonds is 4. The fourth-order valence-electron chi connectivity index (χ4n) is 2.68. The Morgan fingerprint density at radius 2 is 1.91 bits per heavy atom. The van der Waals surface area contributed by atoms with E-state index in [0.29, 0.717) is 38.4 Å². The molecule has 0 bridgehead atoms. The molecule has 1 aromatic heterocycles. The highest BCUT2D eigenvalue weighted by atomic mass is 16.5. The number of carbonyl (C=O) groups is 1. The lowest BCUT2D eigenvalue weighted by atomic mass is 10.0. The highest BCUT2D eigenvalue weighted by Gasteiger charge is 2.19. The van der Waals surface area contributed by atoms with Gasteiger partial charge in [0.1, 0.15) is 0 Å². The summed E-state index contributed by atoms with van der Waals surface area (Å²) >= 11 is 0. The molecule has 0 saturated carbocycles. The van der Waals surface area contributed by atoms with Crippen molar-refractivity contribution in [3.05, 3.63) is 53.7 Å². The fourth-order valence-corrected chi connectivity index (χ4v) is 2.68. The van der Waals surface area contributed by atoms with Crippen LogP contribution < -0.4 is 5.73 Å². The zero-order valence-electron chi connectivity index (χ0n) is 13.1. The molecule has 0 radical (unpaired) electrons. The highest BCUT2D eigenvalue weighted by Crippen LogP contribution is 2.19. The molecule has 120 valence electrons. The Morgan fingerprint density at radius 3 is 2.61 bits per heavy atom. The maximum Gasteiger partial charge on any atom is 0.254 e. The van der Waals surface area contributed by atoms with E-state index in [1.165, 1.54) is 5.56 Å². The minimum atomic E-state index is 0.0386. The number of carbonyl (C=O) groups excluding carboxylic acids is 1. The van der Waals surface area contributed by atoms with Crippen molar-refractivity contribution in [3.63, 3.8) is 0 Å². The average Bonchev–Trinajstić information content (AvgIpc) is 2.63. The van der Waals surface area contributed by atoms with Crippen LogP contribution in [0.1, 0.15) is 15.9 Å². The summed E-state index contributed by atoms with van der Waals surface area (Å²) in [5.41, 5.74) is 9.26. The Hall–Kier alpha value is -2.24. The van der Waals surface area contributed by atoms with Gasteiger partial charge in [-0.3, -0.25) is 9.78 Å². The molecule has 0 unspecified atom stereocenters. The van der Waals surface area contributed by atoms with Gasteiger partial charge in [0.05, 0.1) is 18.9 Å². The van der Waals surface area contributed by atoms with Gasteiger partial charge >= 0.3 is 0 Å². The van der Waals surface area contributed by atoms with Crippen molar-refractivity contribution in [2.45, 2.75) is 6.42 Å². The van der Waals surface area contributed by atoms with Crippen LogP contribution in [0.25, 0.3) is 11.3 Å². The second-order valence-corrected chi connectivity index (χ2v) is 5.57. The third-order valence-electron chi connectivity index (χ3n) is 3.99. The predicted molar refractivity (Wildman–Crippen MR) is 89.2 cm³/mol. The van der Waals surface area contributed by atoms with Gasteiger partial charge in [-0.15, -0.1) is 0 Å². The lowest BCUT2D eigenvalue weighted by Gasteiger charge is -2.26. The second-order valence-electron chi connectivity index (χ2n) is 5.57. The first-order valence-electron chi connectivity index (χ1n) is 7.90. The number of nitrogens with two attached hydrogens (primary N) is 1. The number of benzene rings is 1. The summed E-state index contributed by atoms with van der Waals surface area (Å²) in [5, 5.41) is 0. The van der Waals surface area contributed by atoms with E-state index in [0.717, 1.165) is 17.7 Å². The molecule has 0 atom stereocenters. The monoisotopic (exact) mass is 311 g/mol. The van der Waals surface area contributed by atoms with Crippen LogP contribution in [0.4, 0.5) is 0 Å². The number of hydrogen-bond donors (Lipinski definition) is 1. The van der Waals surface area contributed by atoms with Gasteiger partial charge in [-0.2, -0.15) is 0 Å². The van der Waals surface area contributed by atoms with Gasteiger partial charge in [-0.05, 0) is 30.7 Å². The van der Waals surface area contributed by atoms with Gasteiger partial charge in [0.2, 0.25) is 0 Å². The average molecular weight is 311 g/mol. The van der Waals surface area contributed by atoms with E-state index in [-0.39, 0.29) is 5.91 Å². The Morgan fingerprint density at radius 1 is 1.17 bits per heavy atom. The number of hydrogen-bond acceptors (Lipinski definition) is 4. The van der Waals surface area contributed by atoms with Crippen LogP contribution in [-0.4, -0.2) is 48.6 Å². The number of ether oxygens (including phenoxy) is 1. The van der Waals surface area contributed by atoms with E-state index in [1.54, 1.807) is 12.3 Å². The summed E-state index contributed by atoms with van der Waals surface area (Å²) in [7, 11) is 0. The van der Waals surface area contributed by atoms with Crippen molar-refractivity contribution >= 4 is 5.91 Å². The smallest absolute Gasteiger partial charge is 0.254 e. The molecular formula is C18H21N3O2. The molecule has 0 aliphatic carbocycles. The van der Waals surface area contributed by atoms with E-state index < -0.39 is 0 Å². The number of morpholine rings is 1. The Kier molecular flexibility index (Phi) is 5.00. The predicted octanol–water partition coefficient (Wildman–Crippen LogP) is 1.72. The van der Waals surface area contributed by atoms with Crippen LogP contribution in [0.15, 0.2) is 42.6 Å². The molecule has 3 rings (SSSR count). The number of nitrogens with zero attached hydrogens (tertiary/aromatic N) is 2. The normalized spacial score (nSPS) is 14.7. The minimum absolute atomic E-state index is 0.0386. The summed E-state index contributed by atoms with van der Waals surface area (Å²) in [6.45, 7) is 3.13. The lowest BCUT2D eigenvalue weighted by Crippen LogP contribution is -2.40. The molecule has 23 heavy (non-hydrogen) atoms. The number of pyridine rings is 1. The summed E-state index contributed by atoms with van der Waals surface area (Å²) in [4.78, 5) is 18.8. The van der Waals surface area contributed by atoms with Crippen molar-refractivity contribution in [1.29, 1.82) is 0 Å². The third-order valence-corrected chi connectivity index (χ3v) is 3.99. The van der Waals surface area contributed by atoms with Gasteiger partial charge < -0.3 is 15.4 Å². The topological polar surface area (TPSA) is 68.5 Å². The van der Waals surface area contributed by atoms with Crippen LogP contribution >= 0.6 is 0 Å². The van der Waals surface area contributed by atoms with Crippen molar-refractivity contribution in [3.8, 4) is 11.3 Å². The van der Waals surface area contributed by atoms with Gasteiger partial charge in [-0.25, -0.2) is 0 Å². The van der Waals surface area contributed by atoms with Crippen molar-refractivity contribution < 1.29 is 9.53 Å². The molecular weight excluding hydrogens is 290 g/mol. The second kappa shape index (κ2) is 7.35. The number of amides is 1. The fraction of sp³-hybridized carbons (Fsp3) is 0.333. The van der Waals surface area contributed by atoms with Gasteiger partial charge in [0.15, 0.2) is 0 Å². The van der Waals surface area contributed by atoms with Crippen LogP contribution in [0.2, 0.25) is 0 Å². The van der Waals surface area contributed by atoms with E-state index in [4.69, 9.17) is 10.5 Å². The molecule has 5 heteroatoms. The molecule has 1 amide bonds. The Bertz CT molecular complexity index is 664. The van der Waals surface area contributed by atoms with Crippen molar-refractivity contribution in [2.24, 2.45) is 5.73 Å². The van der Waals surface area contributed by atoms with Crippen LogP contribution in [0.3, 0.4) is 0 Å². The molecule has 5 nitrogen and oxygen atoms in total. The van der Waals surface area contributed by atoms with Gasteiger partial charge in [-0.1, -0.05) is 24.3 Å². The molecule has 1 aliphatic heterocycles. The summed E-state index contributed by atoms with van der Waals surface area (Å²) in [5.74, 6) is 0.0386. The minimum Gasteiger partial charge on any atom is -0.378 e. The van der Waals surface area contributed by atoms with Gasteiger partial charge in [0.25, 0.3) is 5.91 Å². The zero-order chi connectivity index (χ0) is 16.1. The molecule has 1 fully saturated rings. The van der Waals surface area contributed by atoms with Crippen LogP contribution in [0, 0.1) is 0 Å². The van der Waals surface area contributed by atoms with E-state index in [9.17, 15) is 4.79 Å². The van der Waals surface area contributed by atoms with E-state index in [1.807, 2.05) is 23.1 Å². The van der Waals surface area contributed by atoms with Crippen LogP contribution in [0.5, 0.6) is 0 Å².